The van der Waals surface area contributed by atoms with Crippen LogP contribution in [0.3, 0.4) is 0 Å². The number of carbonyl (C=O) groups excluding carboxylic acids is 1. The largest absolute Gasteiger partial charge is 0.331 e. The van der Waals surface area contributed by atoms with Crippen molar-refractivity contribution in [3.05, 3.63) is 17.5 Å². The van der Waals surface area contributed by atoms with E-state index >= 15 is 0 Å². The Morgan fingerprint density at radius 3 is 2.50 bits per heavy atom. The number of sulfone groups is 1. The van der Waals surface area contributed by atoms with Crippen molar-refractivity contribution in [2.45, 2.75) is 57.9 Å². The average Bonchev–Trinajstić information content (AvgIpc) is 3.03. The van der Waals surface area contributed by atoms with Gasteiger partial charge in [0.1, 0.15) is 0 Å². The van der Waals surface area contributed by atoms with Crippen LogP contribution in [-0.4, -0.2) is 53.7 Å². The maximum absolute atomic E-state index is 12.4. The Bertz CT molecular complexity index is 718. The van der Waals surface area contributed by atoms with Crippen LogP contribution in [0.4, 0.5) is 4.79 Å². The van der Waals surface area contributed by atoms with Crippen LogP contribution >= 0.6 is 0 Å². The van der Waals surface area contributed by atoms with Gasteiger partial charge in [-0.15, -0.1) is 0 Å². The predicted octanol–water partition coefficient (Wildman–Crippen LogP) is 1.84. The lowest BCUT2D eigenvalue weighted by Gasteiger charge is -2.21. The van der Waals surface area contributed by atoms with Crippen molar-refractivity contribution in [1.29, 1.82) is 0 Å². The summed E-state index contributed by atoms with van der Waals surface area (Å²) in [4.78, 5) is 14.0. The number of hydrogen-bond acceptors (Lipinski definition) is 4. The van der Waals surface area contributed by atoms with E-state index in [0.717, 1.165) is 11.3 Å². The summed E-state index contributed by atoms with van der Waals surface area (Å²) >= 11 is 0. The number of nitrogens with zero attached hydrogens (tertiary/aromatic N) is 3. The standard InChI is InChI=1S/C16H28N4O3S/c1-11(14-10-20(16(3,4)5)18-12(14)2)17-15(21)19-8-7-13(9-19)24(6,22)23/h10-11,13H,7-9H2,1-6H3,(H,17,21). The van der Waals surface area contributed by atoms with Crippen molar-refractivity contribution in [2.75, 3.05) is 19.3 Å². The van der Waals surface area contributed by atoms with E-state index in [2.05, 4.69) is 31.2 Å². The number of likely N-dealkylation sites (tertiary alicyclic amines) is 1. The minimum atomic E-state index is -3.10. The van der Waals surface area contributed by atoms with Crippen LogP contribution in [0.15, 0.2) is 6.20 Å². The molecule has 0 radical (unpaired) electrons. The molecule has 7 nitrogen and oxygen atoms in total. The maximum atomic E-state index is 12.4. The Labute approximate surface area is 144 Å². The van der Waals surface area contributed by atoms with Crippen molar-refractivity contribution in [3.8, 4) is 0 Å². The molecule has 2 heterocycles. The van der Waals surface area contributed by atoms with E-state index in [1.165, 1.54) is 6.26 Å². The second kappa shape index (κ2) is 6.38. The van der Waals surface area contributed by atoms with Gasteiger partial charge in [-0.1, -0.05) is 0 Å². The molecule has 2 unspecified atom stereocenters. The molecule has 0 spiro atoms. The van der Waals surface area contributed by atoms with Gasteiger partial charge in [0, 0.05) is 31.1 Å². The lowest BCUT2D eigenvalue weighted by atomic mass is 10.1. The molecule has 8 heteroatoms. The molecule has 1 saturated heterocycles. The summed E-state index contributed by atoms with van der Waals surface area (Å²) in [6.45, 7) is 10.8. The zero-order valence-electron chi connectivity index (χ0n) is 15.3. The number of hydrogen-bond donors (Lipinski definition) is 1. The first-order valence-electron chi connectivity index (χ1n) is 8.20. The first kappa shape index (κ1) is 18.8. The van der Waals surface area contributed by atoms with E-state index < -0.39 is 15.1 Å². The lowest BCUT2D eigenvalue weighted by molar-refractivity contribution is 0.205. The summed E-state index contributed by atoms with van der Waals surface area (Å²) in [5.74, 6) is 0. The van der Waals surface area contributed by atoms with E-state index in [4.69, 9.17) is 0 Å². The minimum absolute atomic E-state index is 0.121. The topological polar surface area (TPSA) is 84.3 Å². The van der Waals surface area contributed by atoms with Crippen LogP contribution in [0.5, 0.6) is 0 Å². The fraction of sp³-hybridized carbons (Fsp3) is 0.750. The van der Waals surface area contributed by atoms with Crippen molar-refractivity contribution >= 4 is 15.9 Å². The van der Waals surface area contributed by atoms with Crippen LogP contribution in [-0.2, 0) is 15.4 Å². The number of amides is 2. The van der Waals surface area contributed by atoms with E-state index in [0.29, 0.717) is 13.0 Å². The minimum Gasteiger partial charge on any atom is -0.331 e. The zero-order valence-corrected chi connectivity index (χ0v) is 16.1. The number of nitrogens with one attached hydrogen (secondary N) is 1. The Morgan fingerprint density at radius 1 is 1.42 bits per heavy atom. The molecule has 2 rings (SSSR count). The van der Waals surface area contributed by atoms with E-state index in [1.807, 2.05) is 24.7 Å². The summed E-state index contributed by atoms with van der Waals surface area (Å²) in [5, 5.41) is 7.02. The molecule has 1 N–H and O–H groups in total. The molecule has 1 fully saturated rings. The maximum Gasteiger partial charge on any atom is 0.317 e. The highest BCUT2D eigenvalue weighted by Gasteiger charge is 2.33. The normalized spacial score (nSPS) is 20.2. The van der Waals surface area contributed by atoms with Gasteiger partial charge >= 0.3 is 6.03 Å². The smallest absolute Gasteiger partial charge is 0.317 e. The van der Waals surface area contributed by atoms with Crippen molar-refractivity contribution in [3.63, 3.8) is 0 Å². The molecular formula is C16H28N4O3S. The molecule has 2 amide bonds. The molecular weight excluding hydrogens is 328 g/mol. The van der Waals surface area contributed by atoms with Crippen LogP contribution in [0, 0.1) is 6.92 Å². The van der Waals surface area contributed by atoms with Gasteiger partial charge in [0.25, 0.3) is 0 Å². The lowest BCUT2D eigenvalue weighted by Crippen LogP contribution is -2.40. The highest BCUT2D eigenvalue weighted by Crippen LogP contribution is 2.22. The summed E-state index contributed by atoms with van der Waals surface area (Å²) < 4.78 is 25.1. The van der Waals surface area contributed by atoms with Gasteiger partial charge in [-0.05, 0) is 41.0 Å². The Morgan fingerprint density at radius 2 is 2.04 bits per heavy atom. The van der Waals surface area contributed by atoms with Crippen LogP contribution in [0.1, 0.15) is 51.4 Å². The van der Waals surface area contributed by atoms with Crippen molar-refractivity contribution in [1.82, 2.24) is 20.0 Å². The van der Waals surface area contributed by atoms with Gasteiger partial charge in [-0.25, -0.2) is 13.2 Å². The molecule has 0 aromatic carbocycles. The van der Waals surface area contributed by atoms with Crippen LogP contribution < -0.4 is 5.32 Å². The number of urea groups is 1. The first-order chi connectivity index (χ1) is 10.9. The van der Waals surface area contributed by atoms with E-state index in [1.54, 1.807) is 4.90 Å². The molecule has 136 valence electrons. The van der Waals surface area contributed by atoms with Gasteiger partial charge in [0.05, 0.1) is 22.5 Å². The number of aryl methyl sites for hydroxylation is 1. The molecule has 1 aromatic heterocycles. The molecule has 1 aliphatic heterocycles. The number of aromatic nitrogens is 2. The summed E-state index contributed by atoms with van der Waals surface area (Å²) in [5.41, 5.74) is 1.73. The monoisotopic (exact) mass is 356 g/mol. The van der Waals surface area contributed by atoms with Crippen molar-refractivity contribution < 1.29 is 13.2 Å². The Kier molecular flexibility index (Phi) is 4.99. The SMILES string of the molecule is Cc1nn(C(C)(C)C)cc1C(C)NC(=O)N1CCC(S(C)(=O)=O)C1. The third kappa shape index (κ3) is 4.09. The molecule has 0 aliphatic carbocycles. The molecule has 2 atom stereocenters. The number of rotatable bonds is 3. The van der Waals surface area contributed by atoms with E-state index in [9.17, 15) is 13.2 Å². The molecule has 1 aliphatic rings. The van der Waals surface area contributed by atoms with Crippen LogP contribution in [0.25, 0.3) is 0 Å². The average molecular weight is 356 g/mol. The van der Waals surface area contributed by atoms with E-state index in [-0.39, 0.29) is 24.2 Å². The fourth-order valence-corrected chi connectivity index (χ4v) is 3.84. The molecule has 24 heavy (non-hydrogen) atoms. The Hall–Kier alpha value is -1.57. The molecule has 0 bridgehead atoms. The fourth-order valence-electron chi connectivity index (χ4n) is 2.86. The quantitative estimate of drug-likeness (QED) is 0.895. The number of carbonyl (C=O) groups is 1. The summed E-state index contributed by atoms with van der Waals surface area (Å²) in [6.07, 6.45) is 3.69. The first-order valence-corrected chi connectivity index (χ1v) is 10.2. The van der Waals surface area contributed by atoms with Gasteiger partial charge in [0.2, 0.25) is 0 Å². The van der Waals surface area contributed by atoms with Crippen molar-refractivity contribution in [2.24, 2.45) is 0 Å². The third-order valence-corrected chi connectivity index (χ3v) is 6.06. The summed E-state index contributed by atoms with van der Waals surface area (Å²) in [7, 11) is -3.10. The van der Waals surface area contributed by atoms with Gasteiger partial charge < -0.3 is 10.2 Å². The molecule has 0 saturated carbocycles. The predicted molar refractivity (Wildman–Crippen MR) is 93.7 cm³/mol. The Balaban J connectivity index is 2.04. The second-order valence-corrected chi connectivity index (χ2v) is 9.97. The van der Waals surface area contributed by atoms with Gasteiger partial charge in [-0.3, -0.25) is 4.68 Å². The van der Waals surface area contributed by atoms with Gasteiger partial charge in [-0.2, -0.15) is 5.10 Å². The highest BCUT2D eigenvalue weighted by atomic mass is 32.2. The second-order valence-electron chi connectivity index (χ2n) is 7.64. The van der Waals surface area contributed by atoms with Crippen LogP contribution in [0.2, 0.25) is 0 Å². The zero-order chi connectivity index (χ0) is 18.3. The molecule has 1 aromatic rings. The summed E-state index contributed by atoms with van der Waals surface area (Å²) in [6, 6.07) is -0.414. The van der Waals surface area contributed by atoms with Gasteiger partial charge in [0.15, 0.2) is 9.84 Å². The highest BCUT2D eigenvalue weighted by molar-refractivity contribution is 7.91. The third-order valence-electron chi connectivity index (χ3n) is 4.47.